The zero-order valence-corrected chi connectivity index (χ0v) is 16.2. The van der Waals surface area contributed by atoms with Gasteiger partial charge in [0.05, 0.1) is 16.4 Å². The van der Waals surface area contributed by atoms with Gasteiger partial charge in [-0.25, -0.2) is 0 Å². The molecule has 0 heterocycles. The van der Waals surface area contributed by atoms with Gasteiger partial charge in [-0.3, -0.25) is 0 Å². The summed E-state index contributed by atoms with van der Waals surface area (Å²) in [7, 11) is 0. The number of hydrogen-bond acceptors (Lipinski definition) is 3. The quantitative estimate of drug-likeness (QED) is 0.430. The Kier molecular flexibility index (Phi) is 6.23. The minimum Gasteiger partial charge on any atom is -0.463 e. The predicted molar refractivity (Wildman–Crippen MR) is 100 cm³/mol. The van der Waals surface area contributed by atoms with Gasteiger partial charge < -0.3 is 15.2 Å². The molecule has 0 saturated heterocycles. The van der Waals surface area contributed by atoms with Crippen molar-refractivity contribution in [1.29, 1.82) is 0 Å². The molecule has 0 atom stereocenters. The molecule has 0 aliphatic carbocycles. The van der Waals surface area contributed by atoms with Crippen LogP contribution in [0.4, 0.5) is 18.9 Å². The highest BCUT2D eigenvalue weighted by molar-refractivity contribution is 9.10. The van der Waals surface area contributed by atoms with Crippen LogP contribution in [-0.2, 0) is 0 Å². The molecular weight excluding hydrogens is 411 g/mol. The highest BCUT2D eigenvalue weighted by Gasteiger charge is 2.31. The fourth-order valence-electron chi connectivity index (χ4n) is 2.26. The van der Waals surface area contributed by atoms with Gasteiger partial charge in [0.25, 0.3) is 0 Å². The first kappa shape index (κ1) is 20.2. The van der Waals surface area contributed by atoms with Crippen molar-refractivity contribution in [2.75, 3.05) is 5.73 Å². The fraction of sp³-hybridized carbons (Fsp3) is 0.263. The van der Waals surface area contributed by atoms with Crippen molar-refractivity contribution in [2.24, 2.45) is 0 Å². The van der Waals surface area contributed by atoms with Gasteiger partial charge in [-0.2, -0.15) is 0 Å². The third kappa shape index (κ3) is 4.94. The predicted octanol–water partition coefficient (Wildman–Crippen LogP) is 6.60. The van der Waals surface area contributed by atoms with E-state index in [0.29, 0.717) is 21.5 Å². The van der Waals surface area contributed by atoms with Crippen LogP contribution in [0.2, 0.25) is 0 Å². The maximum Gasteiger partial charge on any atom is 0.573 e. The number of halogens is 4. The van der Waals surface area contributed by atoms with E-state index in [1.54, 1.807) is 24.5 Å². The van der Waals surface area contributed by atoms with Gasteiger partial charge >= 0.3 is 6.36 Å². The number of hydrogen-bond donors (Lipinski definition) is 1. The Hall–Kier alpha value is -2.15. The van der Waals surface area contributed by atoms with Crippen molar-refractivity contribution < 1.29 is 22.6 Å². The molecular formula is C19H19BrF3NO2. The molecule has 3 nitrogen and oxygen atoms in total. The van der Waals surface area contributed by atoms with Crippen molar-refractivity contribution in [3.05, 3.63) is 52.2 Å². The van der Waals surface area contributed by atoms with E-state index in [9.17, 15) is 13.2 Å². The van der Waals surface area contributed by atoms with Crippen molar-refractivity contribution in [3.8, 4) is 22.6 Å². The molecule has 0 bridgehead atoms. The number of nitrogens with two attached hydrogens (primary N) is 1. The summed E-state index contributed by atoms with van der Waals surface area (Å²) in [5, 5.41) is 0. The van der Waals surface area contributed by atoms with E-state index in [2.05, 4.69) is 20.7 Å². The summed E-state index contributed by atoms with van der Waals surface area (Å²) < 4.78 is 47.2. The van der Waals surface area contributed by atoms with Crippen LogP contribution in [0.25, 0.3) is 11.1 Å². The summed E-state index contributed by atoms with van der Waals surface area (Å²) in [6, 6.07) is 7.38. The molecule has 140 valence electrons. The van der Waals surface area contributed by atoms with Crippen molar-refractivity contribution in [3.63, 3.8) is 0 Å². The van der Waals surface area contributed by atoms with E-state index in [-0.39, 0.29) is 5.75 Å². The summed E-state index contributed by atoms with van der Waals surface area (Å²) in [6.07, 6.45) is -2.20. The lowest BCUT2D eigenvalue weighted by Crippen LogP contribution is -2.16. The molecule has 0 radical (unpaired) electrons. The zero-order chi connectivity index (χ0) is 19.5. The second-order valence-corrected chi connectivity index (χ2v) is 6.58. The molecule has 26 heavy (non-hydrogen) atoms. The molecule has 7 heteroatoms. The Bertz CT molecular complexity index is 815. The molecule has 0 aliphatic heterocycles. The van der Waals surface area contributed by atoms with Crippen LogP contribution < -0.4 is 15.2 Å². The molecule has 0 unspecified atom stereocenters. The SMILES string of the molecule is CC/C(C)=C/Oc1c(C)c(-c2ccc(OC(F)(F)F)cc2)cc(N)c1Br. The minimum atomic E-state index is -4.72. The van der Waals surface area contributed by atoms with Crippen LogP contribution in [-0.4, -0.2) is 6.36 Å². The first-order valence-corrected chi connectivity index (χ1v) is 8.68. The molecule has 0 amide bonds. The Labute approximate surface area is 158 Å². The van der Waals surface area contributed by atoms with Crippen molar-refractivity contribution in [1.82, 2.24) is 0 Å². The Balaban J connectivity index is 2.42. The molecule has 0 saturated carbocycles. The van der Waals surface area contributed by atoms with E-state index >= 15 is 0 Å². The zero-order valence-electron chi connectivity index (χ0n) is 14.6. The summed E-state index contributed by atoms with van der Waals surface area (Å²) >= 11 is 3.43. The van der Waals surface area contributed by atoms with Crippen molar-refractivity contribution >= 4 is 21.6 Å². The molecule has 0 spiro atoms. The average molecular weight is 430 g/mol. The largest absolute Gasteiger partial charge is 0.573 e. The topological polar surface area (TPSA) is 44.5 Å². The molecule has 2 aromatic carbocycles. The summed E-state index contributed by atoms with van der Waals surface area (Å²) in [5.74, 6) is 0.297. The molecule has 2 rings (SSSR count). The van der Waals surface area contributed by atoms with Crippen LogP contribution in [0.15, 0.2) is 46.6 Å². The first-order chi connectivity index (χ1) is 12.1. The van der Waals surface area contributed by atoms with Crippen LogP contribution in [0.1, 0.15) is 25.8 Å². The number of anilines is 1. The van der Waals surface area contributed by atoms with Crippen LogP contribution in [0, 0.1) is 6.92 Å². The number of nitrogen functional groups attached to an aromatic ring is 1. The maximum absolute atomic E-state index is 12.3. The third-order valence-corrected chi connectivity index (χ3v) is 4.65. The van der Waals surface area contributed by atoms with E-state index in [1.807, 2.05) is 20.8 Å². The smallest absolute Gasteiger partial charge is 0.463 e. The second kappa shape index (κ2) is 8.03. The van der Waals surface area contributed by atoms with Gasteiger partial charge in [-0.05, 0) is 71.1 Å². The Morgan fingerprint density at radius 3 is 2.38 bits per heavy atom. The van der Waals surface area contributed by atoms with E-state index < -0.39 is 6.36 Å². The summed E-state index contributed by atoms with van der Waals surface area (Å²) in [4.78, 5) is 0. The number of allylic oxidation sites excluding steroid dienone is 1. The lowest BCUT2D eigenvalue weighted by molar-refractivity contribution is -0.274. The van der Waals surface area contributed by atoms with Gasteiger partial charge in [-0.15, -0.1) is 13.2 Å². The van der Waals surface area contributed by atoms with Gasteiger partial charge in [0, 0.05) is 5.56 Å². The summed E-state index contributed by atoms with van der Waals surface area (Å²) in [6.45, 7) is 5.84. The van der Waals surface area contributed by atoms with Crippen LogP contribution >= 0.6 is 15.9 Å². The minimum absolute atomic E-state index is 0.276. The van der Waals surface area contributed by atoms with Gasteiger partial charge in [-0.1, -0.05) is 19.1 Å². The van der Waals surface area contributed by atoms with E-state index in [4.69, 9.17) is 10.5 Å². The molecule has 0 aliphatic rings. The van der Waals surface area contributed by atoms with Crippen LogP contribution in [0.3, 0.4) is 0 Å². The molecule has 2 aromatic rings. The standard InChI is InChI=1S/C19H19BrF3NO2/c1-4-11(2)10-25-18-12(3)15(9-16(24)17(18)20)13-5-7-14(8-6-13)26-19(21,22)23/h5-10H,4,24H2,1-3H3/b11-10+. The van der Waals surface area contributed by atoms with Gasteiger partial charge in [0.15, 0.2) is 0 Å². The summed E-state index contributed by atoms with van der Waals surface area (Å²) in [5.41, 5.74) is 9.88. The average Bonchev–Trinajstić information content (AvgIpc) is 2.57. The van der Waals surface area contributed by atoms with Gasteiger partial charge in [0.2, 0.25) is 0 Å². The number of rotatable bonds is 5. The van der Waals surface area contributed by atoms with Crippen molar-refractivity contribution in [2.45, 2.75) is 33.6 Å². The molecule has 0 aromatic heterocycles. The van der Waals surface area contributed by atoms with Crippen LogP contribution in [0.5, 0.6) is 11.5 Å². The fourth-order valence-corrected chi connectivity index (χ4v) is 2.77. The Morgan fingerprint density at radius 1 is 1.23 bits per heavy atom. The Morgan fingerprint density at radius 2 is 1.85 bits per heavy atom. The lowest BCUT2D eigenvalue weighted by Gasteiger charge is -2.16. The van der Waals surface area contributed by atoms with Gasteiger partial charge in [0.1, 0.15) is 11.5 Å². The normalized spacial score (nSPS) is 12.2. The highest BCUT2D eigenvalue weighted by atomic mass is 79.9. The molecule has 2 N–H and O–H groups in total. The van der Waals surface area contributed by atoms with E-state index in [0.717, 1.165) is 23.1 Å². The lowest BCUT2D eigenvalue weighted by atomic mass is 9.99. The number of benzene rings is 2. The van der Waals surface area contributed by atoms with E-state index in [1.165, 1.54) is 12.1 Å². The third-order valence-electron chi connectivity index (χ3n) is 3.83. The first-order valence-electron chi connectivity index (χ1n) is 7.89. The number of alkyl halides is 3. The number of ether oxygens (including phenoxy) is 2. The second-order valence-electron chi connectivity index (χ2n) is 5.79. The highest BCUT2D eigenvalue weighted by Crippen LogP contribution is 2.41. The maximum atomic E-state index is 12.3. The molecule has 0 fully saturated rings. The monoisotopic (exact) mass is 429 g/mol.